The average molecular weight is 258 g/mol. The number of nitrogens with zero attached hydrogens (tertiary/aromatic N) is 4. The van der Waals surface area contributed by atoms with E-state index in [1.165, 1.54) is 0 Å². The number of hydrogen-bond acceptors (Lipinski definition) is 4. The lowest BCUT2D eigenvalue weighted by molar-refractivity contribution is 0.0498. The first-order valence-corrected chi connectivity index (χ1v) is 6.07. The van der Waals surface area contributed by atoms with Crippen LogP contribution in [0.15, 0.2) is 36.7 Å². The van der Waals surface area contributed by atoms with Gasteiger partial charge in [0.1, 0.15) is 5.75 Å². The highest BCUT2D eigenvalue weighted by atomic mass is 16.5. The molecule has 3 rings (SSSR count). The number of hydrogen-bond donors (Lipinski definition) is 0. The summed E-state index contributed by atoms with van der Waals surface area (Å²) in [5.41, 5.74) is 0.649. The van der Waals surface area contributed by atoms with Crippen molar-refractivity contribution in [2.75, 3.05) is 20.2 Å². The number of aromatic nitrogens is 3. The number of methoxy groups -OCH3 is 1. The maximum atomic E-state index is 12.2. The summed E-state index contributed by atoms with van der Waals surface area (Å²) >= 11 is 0. The van der Waals surface area contributed by atoms with Crippen LogP contribution in [0.25, 0.3) is 0 Å². The normalized spacial score (nSPS) is 15.1. The second-order valence-corrected chi connectivity index (χ2v) is 4.48. The molecule has 0 bridgehead atoms. The van der Waals surface area contributed by atoms with Crippen LogP contribution in [0.1, 0.15) is 16.4 Å². The lowest BCUT2D eigenvalue weighted by atomic mass is 10.1. The van der Waals surface area contributed by atoms with Crippen LogP contribution in [0.3, 0.4) is 0 Å². The minimum atomic E-state index is 0.0234. The van der Waals surface area contributed by atoms with Crippen molar-refractivity contribution in [3.05, 3.63) is 42.2 Å². The van der Waals surface area contributed by atoms with Gasteiger partial charge in [0.15, 0.2) is 0 Å². The fraction of sp³-hybridized carbons (Fsp3) is 0.308. The van der Waals surface area contributed by atoms with Gasteiger partial charge >= 0.3 is 0 Å². The van der Waals surface area contributed by atoms with Crippen LogP contribution in [0.4, 0.5) is 0 Å². The van der Waals surface area contributed by atoms with E-state index in [1.807, 2.05) is 18.3 Å². The number of carbonyl (C=O) groups excluding carboxylic acids is 1. The minimum Gasteiger partial charge on any atom is -0.497 e. The first kappa shape index (κ1) is 11.7. The van der Waals surface area contributed by atoms with Gasteiger partial charge in [0.05, 0.1) is 19.3 Å². The van der Waals surface area contributed by atoms with Crippen molar-refractivity contribution < 1.29 is 9.53 Å². The van der Waals surface area contributed by atoms with Gasteiger partial charge in [0, 0.05) is 24.8 Å². The van der Waals surface area contributed by atoms with E-state index in [1.54, 1.807) is 35.0 Å². The van der Waals surface area contributed by atoms with E-state index in [4.69, 9.17) is 4.74 Å². The molecule has 0 saturated carbocycles. The van der Waals surface area contributed by atoms with E-state index in [0.29, 0.717) is 24.4 Å². The highest BCUT2D eigenvalue weighted by Gasteiger charge is 2.32. The molecule has 1 saturated heterocycles. The third-order valence-corrected chi connectivity index (χ3v) is 3.28. The van der Waals surface area contributed by atoms with E-state index in [2.05, 4.69) is 10.3 Å². The predicted octanol–water partition coefficient (Wildman–Crippen LogP) is 0.984. The zero-order valence-electron chi connectivity index (χ0n) is 10.6. The maximum absolute atomic E-state index is 12.2. The van der Waals surface area contributed by atoms with Crippen molar-refractivity contribution in [3.63, 3.8) is 0 Å². The maximum Gasteiger partial charge on any atom is 0.254 e. The van der Waals surface area contributed by atoms with Crippen molar-refractivity contribution in [3.8, 4) is 5.75 Å². The van der Waals surface area contributed by atoms with E-state index < -0.39 is 0 Å². The second kappa shape index (κ2) is 4.72. The van der Waals surface area contributed by atoms with Gasteiger partial charge in [0.25, 0.3) is 5.91 Å². The molecule has 2 aromatic rings. The van der Waals surface area contributed by atoms with Crippen LogP contribution in [0.5, 0.6) is 5.75 Å². The summed E-state index contributed by atoms with van der Waals surface area (Å²) in [6.45, 7) is 1.33. The van der Waals surface area contributed by atoms with Crippen LogP contribution in [0, 0.1) is 0 Å². The molecule has 1 aliphatic rings. The molecule has 1 fully saturated rings. The average Bonchev–Trinajstić information content (AvgIpc) is 2.91. The molecule has 6 nitrogen and oxygen atoms in total. The van der Waals surface area contributed by atoms with E-state index in [0.717, 1.165) is 0 Å². The molecular weight excluding hydrogens is 244 g/mol. The minimum absolute atomic E-state index is 0.0234. The molecule has 0 radical (unpaired) electrons. The second-order valence-electron chi connectivity index (χ2n) is 4.48. The highest BCUT2D eigenvalue weighted by molar-refractivity contribution is 5.95. The van der Waals surface area contributed by atoms with Crippen molar-refractivity contribution in [1.82, 2.24) is 19.9 Å². The van der Waals surface area contributed by atoms with Crippen molar-refractivity contribution in [2.24, 2.45) is 0 Å². The molecule has 98 valence electrons. The molecule has 0 spiro atoms. The first-order chi connectivity index (χ1) is 9.28. The number of benzene rings is 1. The zero-order chi connectivity index (χ0) is 13.2. The molecule has 0 aliphatic carbocycles. The smallest absolute Gasteiger partial charge is 0.254 e. The van der Waals surface area contributed by atoms with Crippen LogP contribution in [0.2, 0.25) is 0 Å². The van der Waals surface area contributed by atoms with Crippen LogP contribution in [-0.2, 0) is 0 Å². The van der Waals surface area contributed by atoms with Crippen LogP contribution < -0.4 is 4.74 Å². The van der Waals surface area contributed by atoms with Crippen molar-refractivity contribution >= 4 is 5.91 Å². The van der Waals surface area contributed by atoms with Gasteiger partial charge in [-0.2, -0.15) is 0 Å². The SMILES string of the molecule is COc1cccc(C(=O)N2CC(n3ccnn3)C2)c1. The van der Waals surface area contributed by atoms with Gasteiger partial charge < -0.3 is 9.64 Å². The Bertz CT molecular complexity index is 576. The Kier molecular flexibility index (Phi) is 2.91. The van der Waals surface area contributed by atoms with E-state index in [-0.39, 0.29) is 11.9 Å². The standard InChI is InChI=1S/C13H14N4O2/c1-19-12-4-2-3-10(7-12)13(18)16-8-11(9-16)17-6-5-14-15-17/h2-7,11H,8-9H2,1H3. The molecule has 0 unspecified atom stereocenters. The van der Waals surface area contributed by atoms with E-state index in [9.17, 15) is 4.79 Å². The zero-order valence-corrected chi connectivity index (χ0v) is 10.6. The van der Waals surface area contributed by atoms with Crippen molar-refractivity contribution in [2.45, 2.75) is 6.04 Å². The molecule has 0 N–H and O–H groups in total. The lowest BCUT2D eigenvalue weighted by Gasteiger charge is -2.38. The Hall–Kier alpha value is -2.37. The van der Waals surface area contributed by atoms with Gasteiger partial charge in [-0.25, -0.2) is 4.68 Å². The molecule has 19 heavy (non-hydrogen) atoms. The third-order valence-electron chi connectivity index (χ3n) is 3.28. The van der Waals surface area contributed by atoms with Gasteiger partial charge in [-0.3, -0.25) is 4.79 Å². The summed E-state index contributed by atoms with van der Waals surface area (Å²) < 4.78 is 6.91. The Labute approximate surface area is 110 Å². The molecule has 1 aromatic carbocycles. The lowest BCUT2D eigenvalue weighted by Crippen LogP contribution is -2.50. The Morgan fingerprint density at radius 3 is 2.95 bits per heavy atom. The number of ether oxygens (including phenoxy) is 1. The molecule has 1 aliphatic heterocycles. The summed E-state index contributed by atoms with van der Waals surface area (Å²) in [5.74, 6) is 0.717. The van der Waals surface area contributed by atoms with E-state index >= 15 is 0 Å². The van der Waals surface area contributed by atoms with Gasteiger partial charge in [-0.15, -0.1) is 5.10 Å². The summed E-state index contributed by atoms with van der Waals surface area (Å²) in [5, 5.41) is 7.71. The Balaban J connectivity index is 1.66. The topological polar surface area (TPSA) is 60.2 Å². The molecule has 0 atom stereocenters. The molecule has 6 heteroatoms. The highest BCUT2D eigenvalue weighted by Crippen LogP contribution is 2.23. The molecule has 1 amide bonds. The fourth-order valence-electron chi connectivity index (χ4n) is 2.14. The van der Waals surface area contributed by atoms with Crippen molar-refractivity contribution in [1.29, 1.82) is 0 Å². The number of likely N-dealkylation sites (tertiary alicyclic amines) is 1. The largest absolute Gasteiger partial charge is 0.497 e. The van der Waals surface area contributed by atoms with Crippen LogP contribution in [-0.4, -0.2) is 46.0 Å². The molecule has 2 heterocycles. The quantitative estimate of drug-likeness (QED) is 0.823. The number of carbonyl (C=O) groups is 1. The fourth-order valence-corrected chi connectivity index (χ4v) is 2.14. The van der Waals surface area contributed by atoms with Gasteiger partial charge in [0.2, 0.25) is 0 Å². The number of amides is 1. The van der Waals surface area contributed by atoms with Crippen LogP contribution >= 0.6 is 0 Å². The molecular formula is C13H14N4O2. The monoisotopic (exact) mass is 258 g/mol. The third kappa shape index (κ3) is 2.16. The molecule has 1 aromatic heterocycles. The summed E-state index contributed by atoms with van der Waals surface area (Å²) in [6, 6.07) is 7.43. The Morgan fingerprint density at radius 2 is 2.26 bits per heavy atom. The Morgan fingerprint density at radius 1 is 1.42 bits per heavy atom. The predicted molar refractivity (Wildman–Crippen MR) is 68.0 cm³/mol. The number of rotatable bonds is 3. The summed E-state index contributed by atoms with van der Waals surface area (Å²) in [7, 11) is 1.59. The van der Waals surface area contributed by atoms with Gasteiger partial charge in [-0.1, -0.05) is 11.3 Å². The summed E-state index contributed by atoms with van der Waals surface area (Å²) in [4.78, 5) is 14.0. The summed E-state index contributed by atoms with van der Waals surface area (Å²) in [6.07, 6.45) is 3.46. The first-order valence-electron chi connectivity index (χ1n) is 6.07. The van der Waals surface area contributed by atoms with Gasteiger partial charge in [-0.05, 0) is 18.2 Å².